The van der Waals surface area contributed by atoms with Crippen LogP contribution < -0.4 is 10.2 Å². The molecule has 0 radical (unpaired) electrons. The van der Waals surface area contributed by atoms with Crippen molar-refractivity contribution in [3.05, 3.63) is 65.2 Å². The Morgan fingerprint density at radius 2 is 1.94 bits per heavy atom. The number of carbonyl (C=O) groups excluding carboxylic acids is 2. The molecule has 0 spiro atoms. The first-order valence-electron chi connectivity index (χ1n) is 10.8. The summed E-state index contributed by atoms with van der Waals surface area (Å²) >= 11 is 0. The van der Waals surface area contributed by atoms with Gasteiger partial charge in [0, 0.05) is 38.4 Å². The van der Waals surface area contributed by atoms with Crippen molar-refractivity contribution < 1.29 is 18.4 Å². The first kappa shape index (κ1) is 21.3. The summed E-state index contributed by atoms with van der Waals surface area (Å²) < 4.78 is 26.6. The molecular weight excluding hydrogens is 400 g/mol. The van der Waals surface area contributed by atoms with E-state index < -0.39 is 23.4 Å². The minimum atomic E-state index is -0.868. The monoisotopic (exact) mass is 427 g/mol. The minimum absolute atomic E-state index is 0.0847. The van der Waals surface area contributed by atoms with E-state index in [1.165, 1.54) is 11.6 Å². The fourth-order valence-electron chi connectivity index (χ4n) is 4.66. The molecule has 1 saturated heterocycles. The Balaban J connectivity index is 1.31. The third kappa shape index (κ3) is 4.55. The molecule has 2 aromatic rings. The molecule has 2 aromatic carbocycles. The molecule has 7 heteroatoms. The van der Waals surface area contributed by atoms with Crippen molar-refractivity contribution in [2.24, 2.45) is 5.92 Å². The van der Waals surface area contributed by atoms with Crippen molar-refractivity contribution in [2.45, 2.75) is 31.7 Å². The molecule has 1 N–H and O–H groups in total. The van der Waals surface area contributed by atoms with Crippen molar-refractivity contribution in [3.8, 4) is 0 Å². The van der Waals surface area contributed by atoms with Gasteiger partial charge in [0.2, 0.25) is 0 Å². The Kier molecular flexibility index (Phi) is 6.20. The van der Waals surface area contributed by atoms with Crippen LogP contribution in [0, 0.1) is 17.6 Å². The second-order valence-electron chi connectivity index (χ2n) is 8.43. The first-order chi connectivity index (χ1) is 14.9. The number of likely N-dealkylation sites (N-methyl/N-ethyl adjacent to an activating group) is 1. The van der Waals surface area contributed by atoms with Crippen LogP contribution in [-0.4, -0.2) is 43.4 Å². The summed E-state index contributed by atoms with van der Waals surface area (Å²) in [4.78, 5) is 28.8. The minimum Gasteiger partial charge on any atom is -0.371 e. The van der Waals surface area contributed by atoms with Gasteiger partial charge in [-0.25, -0.2) is 8.78 Å². The lowest BCUT2D eigenvalue weighted by Gasteiger charge is -2.33. The maximum Gasteiger partial charge on any atom is 0.312 e. The molecule has 4 rings (SSSR count). The van der Waals surface area contributed by atoms with Crippen LogP contribution >= 0.6 is 0 Å². The number of benzene rings is 2. The van der Waals surface area contributed by atoms with Gasteiger partial charge in [0.25, 0.3) is 0 Å². The van der Waals surface area contributed by atoms with E-state index in [4.69, 9.17) is 0 Å². The zero-order valence-corrected chi connectivity index (χ0v) is 17.6. The van der Waals surface area contributed by atoms with Gasteiger partial charge in [0.1, 0.15) is 0 Å². The van der Waals surface area contributed by atoms with E-state index in [0.29, 0.717) is 25.3 Å². The fourth-order valence-corrected chi connectivity index (χ4v) is 4.66. The lowest BCUT2D eigenvalue weighted by molar-refractivity contribution is -0.146. The van der Waals surface area contributed by atoms with Gasteiger partial charge in [-0.1, -0.05) is 24.3 Å². The number of anilines is 1. The maximum absolute atomic E-state index is 13.5. The molecule has 1 aliphatic carbocycles. The summed E-state index contributed by atoms with van der Waals surface area (Å²) in [7, 11) is 1.69. The van der Waals surface area contributed by atoms with E-state index in [9.17, 15) is 18.4 Å². The topological polar surface area (TPSA) is 52.7 Å². The highest BCUT2D eigenvalue weighted by atomic mass is 19.2. The smallest absolute Gasteiger partial charge is 0.312 e. The molecule has 1 heterocycles. The van der Waals surface area contributed by atoms with Gasteiger partial charge >= 0.3 is 11.8 Å². The van der Waals surface area contributed by atoms with Gasteiger partial charge in [0.15, 0.2) is 11.6 Å². The van der Waals surface area contributed by atoms with Gasteiger partial charge in [-0.05, 0) is 54.9 Å². The van der Waals surface area contributed by atoms with Crippen LogP contribution in [0.2, 0.25) is 0 Å². The van der Waals surface area contributed by atoms with Gasteiger partial charge in [0.05, 0.1) is 6.04 Å². The van der Waals surface area contributed by atoms with Crippen LogP contribution in [-0.2, 0) is 16.0 Å². The number of nitrogens with zero attached hydrogens (tertiary/aromatic N) is 2. The number of fused-ring (bicyclic) bond motifs is 1. The van der Waals surface area contributed by atoms with Crippen molar-refractivity contribution in [3.63, 3.8) is 0 Å². The molecule has 0 bridgehead atoms. The van der Waals surface area contributed by atoms with Gasteiger partial charge in [-0.3, -0.25) is 9.59 Å². The van der Waals surface area contributed by atoms with Crippen LogP contribution in [0.25, 0.3) is 0 Å². The predicted molar refractivity (Wildman–Crippen MR) is 115 cm³/mol. The lowest BCUT2D eigenvalue weighted by atomic mass is 9.87. The molecule has 0 saturated carbocycles. The number of aryl methyl sites for hydroxylation is 1. The van der Waals surface area contributed by atoms with Gasteiger partial charge in [-0.15, -0.1) is 0 Å². The second kappa shape index (κ2) is 9.04. The van der Waals surface area contributed by atoms with Gasteiger partial charge in [-0.2, -0.15) is 0 Å². The predicted octanol–water partition coefficient (Wildman–Crippen LogP) is 3.44. The van der Waals surface area contributed by atoms with E-state index in [-0.39, 0.29) is 12.0 Å². The van der Waals surface area contributed by atoms with Crippen molar-refractivity contribution in [1.29, 1.82) is 0 Å². The molecule has 0 aromatic heterocycles. The molecule has 2 amide bonds. The summed E-state index contributed by atoms with van der Waals surface area (Å²) in [5.41, 5.74) is 2.98. The number of carbonyl (C=O) groups is 2. The Morgan fingerprint density at radius 3 is 2.74 bits per heavy atom. The lowest BCUT2D eigenvalue weighted by Crippen LogP contribution is -2.44. The maximum atomic E-state index is 13.5. The van der Waals surface area contributed by atoms with Gasteiger partial charge < -0.3 is 15.1 Å². The van der Waals surface area contributed by atoms with E-state index in [1.807, 2.05) is 23.1 Å². The highest BCUT2D eigenvalue weighted by Gasteiger charge is 2.30. The third-order valence-corrected chi connectivity index (χ3v) is 6.43. The van der Waals surface area contributed by atoms with E-state index >= 15 is 0 Å². The van der Waals surface area contributed by atoms with Crippen LogP contribution in [0.4, 0.5) is 14.5 Å². The molecule has 5 nitrogen and oxygen atoms in total. The number of amides is 2. The van der Waals surface area contributed by atoms with Crippen LogP contribution in [0.3, 0.4) is 0 Å². The highest BCUT2D eigenvalue weighted by Crippen LogP contribution is 2.33. The molecule has 1 aliphatic heterocycles. The Bertz CT molecular complexity index is 981. The second-order valence-corrected chi connectivity index (χ2v) is 8.43. The summed E-state index contributed by atoms with van der Waals surface area (Å²) in [6.07, 6.45) is 3.64. The van der Waals surface area contributed by atoms with E-state index in [2.05, 4.69) is 11.4 Å². The molecule has 2 atom stereocenters. The molecular formula is C24H27F2N3O2. The van der Waals surface area contributed by atoms with Crippen molar-refractivity contribution in [2.75, 3.05) is 31.6 Å². The molecule has 2 aliphatic rings. The SMILES string of the molecule is CN(C(=O)C(=O)NCC1CCN(c2ccc(F)c(F)c2)C1)C1CCCc2ccccc21. The highest BCUT2D eigenvalue weighted by molar-refractivity contribution is 6.35. The van der Waals surface area contributed by atoms with E-state index in [1.54, 1.807) is 18.0 Å². The summed E-state index contributed by atoms with van der Waals surface area (Å²) in [6.45, 7) is 1.68. The summed E-state index contributed by atoms with van der Waals surface area (Å²) in [5.74, 6) is -2.72. The Labute approximate surface area is 181 Å². The first-order valence-corrected chi connectivity index (χ1v) is 10.8. The molecule has 2 unspecified atom stereocenters. The van der Waals surface area contributed by atoms with Crippen molar-refractivity contribution in [1.82, 2.24) is 10.2 Å². The summed E-state index contributed by atoms with van der Waals surface area (Å²) in [5, 5.41) is 2.77. The Hall–Kier alpha value is -2.96. The molecule has 1 fully saturated rings. The number of hydrogen-bond acceptors (Lipinski definition) is 3. The number of nitrogens with one attached hydrogen (secondary N) is 1. The fraction of sp³-hybridized carbons (Fsp3) is 0.417. The quantitative estimate of drug-likeness (QED) is 0.761. The zero-order valence-electron chi connectivity index (χ0n) is 17.6. The average Bonchev–Trinajstić information content (AvgIpc) is 3.27. The third-order valence-electron chi connectivity index (χ3n) is 6.43. The summed E-state index contributed by atoms with van der Waals surface area (Å²) in [6, 6.07) is 11.9. The molecule has 31 heavy (non-hydrogen) atoms. The Morgan fingerprint density at radius 1 is 1.13 bits per heavy atom. The van der Waals surface area contributed by atoms with Crippen LogP contribution in [0.5, 0.6) is 0 Å². The molecule has 164 valence electrons. The van der Waals surface area contributed by atoms with E-state index in [0.717, 1.165) is 37.3 Å². The largest absolute Gasteiger partial charge is 0.371 e. The number of rotatable bonds is 4. The van der Waals surface area contributed by atoms with Crippen LogP contribution in [0.1, 0.15) is 36.4 Å². The normalized spacial score (nSPS) is 20.3. The van der Waals surface area contributed by atoms with Crippen LogP contribution in [0.15, 0.2) is 42.5 Å². The zero-order chi connectivity index (χ0) is 22.0. The number of hydrogen-bond donors (Lipinski definition) is 1. The number of halogens is 2. The standard InChI is InChI=1S/C24H27F2N3O2/c1-28(22-8-4-6-17-5-2-3-7-19(17)22)24(31)23(30)27-14-16-11-12-29(15-16)18-9-10-20(25)21(26)13-18/h2-3,5,7,9-10,13,16,22H,4,6,8,11-12,14-15H2,1H3,(H,27,30). The average molecular weight is 427 g/mol. The van der Waals surface area contributed by atoms with Crippen molar-refractivity contribution >= 4 is 17.5 Å².